The zero-order valence-electron chi connectivity index (χ0n) is 12.8. The van der Waals surface area contributed by atoms with Gasteiger partial charge in [-0.1, -0.05) is 39.8 Å². The fourth-order valence-electron chi connectivity index (χ4n) is 1.89. The Balaban J connectivity index is 3.11. The lowest BCUT2D eigenvalue weighted by Crippen LogP contribution is -2.30. The van der Waals surface area contributed by atoms with E-state index in [1.807, 2.05) is 26.0 Å². The van der Waals surface area contributed by atoms with Crippen LogP contribution in [-0.2, 0) is 9.53 Å². The molecule has 2 N–H and O–H groups in total. The van der Waals surface area contributed by atoms with Gasteiger partial charge in [-0.25, -0.2) is 4.79 Å². The molecule has 0 saturated carbocycles. The molecule has 1 aromatic rings. The van der Waals surface area contributed by atoms with Crippen LogP contribution < -0.4 is 5.73 Å². The summed E-state index contributed by atoms with van der Waals surface area (Å²) in [5.41, 5.74) is 7.71. The first-order valence-electron chi connectivity index (χ1n) is 6.88. The van der Waals surface area contributed by atoms with Gasteiger partial charge >= 0.3 is 5.97 Å². The van der Waals surface area contributed by atoms with Gasteiger partial charge in [-0.2, -0.15) is 0 Å². The molecular formula is C16H23NO3. The van der Waals surface area contributed by atoms with Crippen molar-refractivity contribution in [2.24, 2.45) is 5.73 Å². The Morgan fingerprint density at radius 1 is 1.05 bits per heavy atom. The van der Waals surface area contributed by atoms with Gasteiger partial charge in [0, 0.05) is 0 Å². The highest BCUT2D eigenvalue weighted by molar-refractivity contribution is 5.93. The molecular weight excluding hydrogens is 254 g/mol. The largest absolute Gasteiger partial charge is 0.449 e. The van der Waals surface area contributed by atoms with Gasteiger partial charge in [0.2, 0.25) is 0 Å². The lowest BCUT2D eigenvalue weighted by atomic mass is 9.91. The molecule has 0 aromatic heterocycles. The number of carbonyl (C=O) groups is 2. The maximum atomic E-state index is 12.1. The van der Waals surface area contributed by atoms with E-state index in [9.17, 15) is 9.59 Å². The van der Waals surface area contributed by atoms with Crippen LogP contribution in [0, 0.1) is 0 Å². The Bertz CT molecular complexity index is 506. The molecule has 1 amide bonds. The van der Waals surface area contributed by atoms with E-state index in [-0.39, 0.29) is 5.92 Å². The summed E-state index contributed by atoms with van der Waals surface area (Å²) in [7, 11) is 0. The van der Waals surface area contributed by atoms with E-state index < -0.39 is 18.0 Å². The third-order valence-electron chi connectivity index (χ3n) is 3.27. The van der Waals surface area contributed by atoms with Crippen LogP contribution >= 0.6 is 0 Å². The van der Waals surface area contributed by atoms with Crippen LogP contribution in [0.5, 0.6) is 0 Å². The molecule has 1 rings (SSSR count). The molecule has 0 fully saturated rings. The number of ether oxygens (including phenoxy) is 1. The molecule has 0 aliphatic rings. The minimum Gasteiger partial charge on any atom is -0.449 e. The van der Waals surface area contributed by atoms with Crippen molar-refractivity contribution in [1.29, 1.82) is 0 Å². The van der Waals surface area contributed by atoms with Crippen molar-refractivity contribution in [2.45, 2.75) is 52.6 Å². The second kappa shape index (κ2) is 6.55. The highest BCUT2D eigenvalue weighted by Gasteiger charge is 2.20. The summed E-state index contributed by atoms with van der Waals surface area (Å²) in [6.07, 6.45) is -0.924. The molecule has 1 aromatic carbocycles. The van der Waals surface area contributed by atoms with Crippen LogP contribution in [0.2, 0.25) is 0 Å². The Kier molecular flexibility index (Phi) is 5.31. The fourth-order valence-corrected chi connectivity index (χ4v) is 1.89. The van der Waals surface area contributed by atoms with Crippen LogP contribution in [-0.4, -0.2) is 18.0 Å². The van der Waals surface area contributed by atoms with Crippen molar-refractivity contribution in [1.82, 2.24) is 0 Å². The van der Waals surface area contributed by atoms with Crippen LogP contribution in [0.3, 0.4) is 0 Å². The molecule has 0 aliphatic carbocycles. The summed E-state index contributed by atoms with van der Waals surface area (Å²) < 4.78 is 5.08. The molecule has 0 spiro atoms. The van der Waals surface area contributed by atoms with Gasteiger partial charge < -0.3 is 10.5 Å². The van der Waals surface area contributed by atoms with Crippen LogP contribution in [0.4, 0.5) is 0 Å². The normalized spacial score (nSPS) is 12.6. The lowest BCUT2D eigenvalue weighted by Gasteiger charge is -2.17. The standard InChI is InChI=1S/C16H23NO3/c1-9(2)12-6-7-13(14(8-12)10(3)4)16(19)20-11(5)15(17)18/h6-11H,1-5H3,(H2,17,18)/t11-/m1/s1. The number of esters is 1. The Hall–Kier alpha value is -1.84. The van der Waals surface area contributed by atoms with E-state index >= 15 is 0 Å². The number of hydrogen-bond acceptors (Lipinski definition) is 3. The number of carbonyl (C=O) groups excluding carboxylic acids is 2. The Morgan fingerprint density at radius 2 is 1.65 bits per heavy atom. The third kappa shape index (κ3) is 3.83. The summed E-state index contributed by atoms with van der Waals surface area (Å²) in [5.74, 6) is -0.569. The average Bonchev–Trinajstić information content (AvgIpc) is 2.37. The zero-order chi connectivity index (χ0) is 15.4. The molecule has 0 heterocycles. The van der Waals surface area contributed by atoms with Crippen molar-refractivity contribution in [3.05, 3.63) is 34.9 Å². The van der Waals surface area contributed by atoms with E-state index in [0.29, 0.717) is 11.5 Å². The maximum Gasteiger partial charge on any atom is 0.339 e. The average molecular weight is 277 g/mol. The van der Waals surface area contributed by atoms with Gasteiger partial charge in [-0.05, 0) is 36.0 Å². The zero-order valence-corrected chi connectivity index (χ0v) is 12.8. The molecule has 4 heteroatoms. The summed E-state index contributed by atoms with van der Waals surface area (Å²) in [4.78, 5) is 23.1. The molecule has 1 atom stereocenters. The number of hydrogen-bond donors (Lipinski definition) is 1. The number of rotatable bonds is 5. The van der Waals surface area contributed by atoms with Crippen molar-refractivity contribution in [3.8, 4) is 0 Å². The first-order chi connectivity index (χ1) is 9.23. The van der Waals surface area contributed by atoms with E-state index in [0.717, 1.165) is 5.56 Å². The first kappa shape index (κ1) is 16.2. The van der Waals surface area contributed by atoms with Crippen molar-refractivity contribution in [3.63, 3.8) is 0 Å². The minimum absolute atomic E-state index is 0.195. The van der Waals surface area contributed by atoms with Gasteiger partial charge in [0.1, 0.15) is 0 Å². The van der Waals surface area contributed by atoms with Crippen molar-refractivity contribution < 1.29 is 14.3 Å². The summed E-state index contributed by atoms with van der Waals surface area (Å²) in [5, 5.41) is 0. The molecule has 0 aliphatic heterocycles. The molecule has 20 heavy (non-hydrogen) atoms. The number of primary amides is 1. The third-order valence-corrected chi connectivity index (χ3v) is 3.27. The summed E-state index contributed by atoms with van der Waals surface area (Å²) in [6.45, 7) is 9.72. The maximum absolute atomic E-state index is 12.1. The minimum atomic E-state index is -0.924. The van der Waals surface area contributed by atoms with Gasteiger partial charge in [0.15, 0.2) is 6.10 Å². The summed E-state index contributed by atoms with van der Waals surface area (Å²) >= 11 is 0. The fraction of sp³-hybridized carbons (Fsp3) is 0.500. The SMILES string of the molecule is CC(C)c1ccc(C(=O)O[C@H](C)C(N)=O)c(C(C)C)c1. The van der Waals surface area contributed by atoms with Crippen LogP contribution in [0.1, 0.15) is 67.9 Å². The smallest absolute Gasteiger partial charge is 0.339 e. The van der Waals surface area contributed by atoms with Gasteiger partial charge in [0.05, 0.1) is 5.56 Å². The van der Waals surface area contributed by atoms with Gasteiger partial charge in [-0.3, -0.25) is 4.79 Å². The number of amides is 1. The van der Waals surface area contributed by atoms with E-state index in [1.165, 1.54) is 12.5 Å². The second-order valence-electron chi connectivity index (χ2n) is 5.61. The molecule has 4 nitrogen and oxygen atoms in total. The van der Waals surface area contributed by atoms with E-state index in [1.54, 1.807) is 6.07 Å². The Morgan fingerprint density at radius 3 is 2.10 bits per heavy atom. The summed E-state index contributed by atoms with van der Waals surface area (Å²) in [6, 6.07) is 5.71. The van der Waals surface area contributed by atoms with Crippen LogP contribution in [0.25, 0.3) is 0 Å². The monoisotopic (exact) mass is 277 g/mol. The second-order valence-corrected chi connectivity index (χ2v) is 5.61. The molecule has 0 saturated heterocycles. The number of benzene rings is 1. The topological polar surface area (TPSA) is 69.4 Å². The highest BCUT2D eigenvalue weighted by Crippen LogP contribution is 2.25. The Labute approximate surface area is 120 Å². The predicted molar refractivity (Wildman–Crippen MR) is 78.7 cm³/mol. The van der Waals surface area contributed by atoms with Crippen LogP contribution in [0.15, 0.2) is 18.2 Å². The van der Waals surface area contributed by atoms with Crippen molar-refractivity contribution >= 4 is 11.9 Å². The lowest BCUT2D eigenvalue weighted by molar-refractivity contribution is -0.125. The van der Waals surface area contributed by atoms with Gasteiger partial charge in [-0.15, -0.1) is 0 Å². The van der Waals surface area contributed by atoms with E-state index in [4.69, 9.17) is 10.5 Å². The van der Waals surface area contributed by atoms with E-state index in [2.05, 4.69) is 13.8 Å². The van der Waals surface area contributed by atoms with Crippen molar-refractivity contribution in [2.75, 3.05) is 0 Å². The highest BCUT2D eigenvalue weighted by atomic mass is 16.5. The molecule has 0 bridgehead atoms. The first-order valence-corrected chi connectivity index (χ1v) is 6.88. The molecule has 110 valence electrons. The molecule has 0 radical (unpaired) electrons. The number of nitrogens with two attached hydrogens (primary N) is 1. The quantitative estimate of drug-likeness (QED) is 0.841. The molecule has 0 unspecified atom stereocenters. The predicted octanol–water partition coefficient (Wildman–Crippen LogP) is 2.96. The van der Waals surface area contributed by atoms with Gasteiger partial charge in [0.25, 0.3) is 5.91 Å².